The maximum Gasteiger partial charge on any atom is 0.128 e. The Morgan fingerprint density at radius 3 is 1.80 bits per heavy atom. The molecule has 28 valence electrons. The Morgan fingerprint density at radius 2 is 1.80 bits per heavy atom. The van der Waals surface area contributed by atoms with Gasteiger partial charge in [-0.1, -0.05) is 12.2 Å². The SMILES string of the molecule is NC(=S)S.[Nd]. The summed E-state index contributed by atoms with van der Waals surface area (Å²) in [5.41, 5.74) is 4.71. The topological polar surface area (TPSA) is 26.0 Å². The molecule has 0 atom stereocenters. The molecule has 2 N–H and O–H groups in total. The van der Waals surface area contributed by atoms with Crippen LogP contribution in [-0.4, -0.2) is 4.32 Å². The molecule has 4 heteroatoms. The fourth-order valence-corrected chi connectivity index (χ4v) is 0. The Kier molecular flexibility index (Phi) is 10.9. The largest absolute Gasteiger partial charge is 0.385 e. The van der Waals surface area contributed by atoms with Crippen molar-refractivity contribution >= 4 is 29.2 Å². The van der Waals surface area contributed by atoms with Crippen LogP contribution in [0, 0.1) is 40.8 Å². The zero-order valence-electron chi connectivity index (χ0n) is 2.43. The Labute approximate surface area is 74.6 Å². The van der Waals surface area contributed by atoms with E-state index < -0.39 is 0 Å². The van der Waals surface area contributed by atoms with Crippen molar-refractivity contribution in [1.29, 1.82) is 0 Å². The van der Waals surface area contributed by atoms with Crippen LogP contribution in [0.3, 0.4) is 0 Å². The fourth-order valence-electron chi connectivity index (χ4n) is 0. The summed E-state index contributed by atoms with van der Waals surface area (Å²) >= 11 is 7.65. The monoisotopic (exact) mass is 235 g/mol. The van der Waals surface area contributed by atoms with E-state index in [1.165, 1.54) is 0 Å². The molecule has 0 fully saturated rings. The Hall–Kier alpha value is 1.59. The Morgan fingerprint density at radius 1 is 1.80 bits per heavy atom. The number of thiol groups is 1. The molecule has 5 heavy (non-hydrogen) atoms. The molecule has 0 rings (SSSR count). The summed E-state index contributed by atoms with van der Waals surface area (Å²) in [5.74, 6) is 0. The molecule has 0 aromatic rings. The molecule has 0 spiro atoms. The minimum Gasteiger partial charge on any atom is -0.385 e. The maximum absolute atomic E-state index is 4.71. The summed E-state index contributed by atoms with van der Waals surface area (Å²) in [6.45, 7) is 0. The minimum atomic E-state index is 0. The van der Waals surface area contributed by atoms with Crippen molar-refractivity contribution in [3.05, 3.63) is 0 Å². The fraction of sp³-hybridized carbons (Fsp3) is 0. The third-order valence-corrected chi connectivity index (χ3v) is 0. The zero-order chi connectivity index (χ0) is 3.58. The van der Waals surface area contributed by atoms with Crippen LogP contribution >= 0.6 is 24.8 Å². The predicted octanol–water partition coefficient (Wildman–Crippen LogP) is 0.160. The molecule has 0 aliphatic heterocycles. The minimum absolute atomic E-state index is 0. The number of thiocarbonyl (C=S) groups is 1. The van der Waals surface area contributed by atoms with Gasteiger partial charge in [0.15, 0.2) is 0 Å². The van der Waals surface area contributed by atoms with E-state index in [1.54, 1.807) is 0 Å². The first-order chi connectivity index (χ1) is 1.73. The van der Waals surface area contributed by atoms with Crippen molar-refractivity contribution in [2.45, 2.75) is 0 Å². The van der Waals surface area contributed by atoms with Gasteiger partial charge in [-0.25, -0.2) is 0 Å². The molecule has 0 aromatic heterocycles. The first kappa shape index (κ1) is 9.77. The normalized spacial score (nSPS) is 5.00. The van der Waals surface area contributed by atoms with Gasteiger partial charge in [-0.2, -0.15) is 0 Å². The number of hydrogen-bond donors (Lipinski definition) is 2. The van der Waals surface area contributed by atoms with E-state index in [0.29, 0.717) is 0 Å². The van der Waals surface area contributed by atoms with Crippen molar-refractivity contribution in [3.63, 3.8) is 0 Å². The van der Waals surface area contributed by atoms with Crippen molar-refractivity contribution in [3.8, 4) is 0 Å². The Bertz CT molecular complexity index is 32.6. The van der Waals surface area contributed by atoms with E-state index in [0.717, 1.165) is 0 Å². The van der Waals surface area contributed by atoms with Crippen LogP contribution in [-0.2, 0) is 0 Å². The third-order valence-electron chi connectivity index (χ3n) is 0. The van der Waals surface area contributed by atoms with E-state index >= 15 is 0 Å². The second kappa shape index (κ2) is 5.59. The van der Waals surface area contributed by atoms with Gasteiger partial charge < -0.3 is 5.73 Å². The van der Waals surface area contributed by atoms with Gasteiger partial charge >= 0.3 is 0 Å². The van der Waals surface area contributed by atoms with Crippen LogP contribution in [0.4, 0.5) is 0 Å². The van der Waals surface area contributed by atoms with Gasteiger partial charge in [-0.15, -0.1) is 12.6 Å². The molecule has 0 unspecified atom stereocenters. The molecule has 0 aliphatic carbocycles. The summed E-state index contributed by atoms with van der Waals surface area (Å²) in [6.07, 6.45) is 0. The summed E-state index contributed by atoms with van der Waals surface area (Å²) in [5, 5.41) is 0. The van der Waals surface area contributed by atoms with E-state index in [9.17, 15) is 0 Å². The maximum atomic E-state index is 4.71. The number of nitrogens with two attached hydrogens (primary N) is 1. The zero-order valence-corrected chi connectivity index (χ0v) is 7.35. The van der Waals surface area contributed by atoms with E-state index in [4.69, 9.17) is 5.73 Å². The van der Waals surface area contributed by atoms with Crippen LogP contribution in [0.2, 0.25) is 0 Å². The average molecular weight is 237 g/mol. The smallest absolute Gasteiger partial charge is 0.128 e. The van der Waals surface area contributed by atoms with Crippen LogP contribution in [0.5, 0.6) is 0 Å². The molecular formula is CH3NNdS2. The molecule has 0 heterocycles. The van der Waals surface area contributed by atoms with E-state index in [-0.39, 0.29) is 45.2 Å². The second-order valence-electron chi connectivity index (χ2n) is 0.338. The van der Waals surface area contributed by atoms with Crippen LogP contribution in [0.15, 0.2) is 0 Å². The van der Waals surface area contributed by atoms with Crippen molar-refractivity contribution in [2.75, 3.05) is 0 Å². The molecule has 0 saturated heterocycles. The molecule has 0 aliphatic rings. The Balaban J connectivity index is 0. The van der Waals surface area contributed by atoms with Gasteiger partial charge in [0.05, 0.1) is 0 Å². The van der Waals surface area contributed by atoms with Gasteiger partial charge in [0.1, 0.15) is 4.32 Å². The summed E-state index contributed by atoms with van der Waals surface area (Å²) < 4.78 is 0.194. The third kappa shape index (κ3) is 28.5. The van der Waals surface area contributed by atoms with Gasteiger partial charge in [-0.3, -0.25) is 0 Å². The first-order valence-electron chi connectivity index (χ1n) is 0.716. The molecule has 1 nitrogen and oxygen atoms in total. The molecule has 0 bridgehead atoms. The molecule has 0 radical (unpaired) electrons. The summed E-state index contributed by atoms with van der Waals surface area (Å²) in [4.78, 5) is 0. The summed E-state index contributed by atoms with van der Waals surface area (Å²) in [7, 11) is 0. The van der Waals surface area contributed by atoms with E-state index in [2.05, 4.69) is 24.8 Å². The van der Waals surface area contributed by atoms with Gasteiger partial charge in [0.25, 0.3) is 0 Å². The first-order valence-corrected chi connectivity index (χ1v) is 1.57. The van der Waals surface area contributed by atoms with E-state index in [1.807, 2.05) is 0 Å². The van der Waals surface area contributed by atoms with Gasteiger partial charge in [0, 0.05) is 40.8 Å². The molecular weight excluding hydrogens is 234 g/mol. The number of rotatable bonds is 0. The summed E-state index contributed by atoms with van der Waals surface area (Å²) in [6, 6.07) is 0. The second-order valence-corrected chi connectivity index (χ2v) is 1.56. The van der Waals surface area contributed by atoms with Crippen molar-refractivity contribution < 1.29 is 40.8 Å². The van der Waals surface area contributed by atoms with Crippen LogP contribution < -0.4 is 5.73 Å². The molecule has 0 saturated carbocycles. The molecule has 0 aromatic carbocycles. The van der Waals surface area contributed by atoms with Crippen LogP contribution in [0.1, 0.15) is 0 Å². The average Bonchev–Trinajstić information content (AvgIpc) is 0.811. The molecule has 0 amide bonds. The predicted molar refractivity (Wildman–Crippen MR) is 25.8 cm³/mol. The standard InChI is InChI=1S/CH3NS2.Nd/c2-1(3)4;/h(H3,2,3,4);. The van der Waals surface area contributed by atoms with Gasteiger partial charge in [0.2, 0.25) is 0 Å². The number of hydrogen-bond acceptors (Lipinski definition) is 1. The quantitative estimate of drug-likeness (QED) is 0.464. The van der Waals surface area contributed by atoms with Crippen LogP contribution in [0.25, 0.3) is 0 Å². The van der Waals surface area contributed by atoms with Crippen molar-refractivity contribution in [1.82, 2.24) is 0 Å². The van der Waals surface area contributed by atoms with Crippen molar-refractivity contribution in [2.24, 2.45) is 5.73 Å². The van der Waals surface area contributed by atoms with Gasteiger partial charge in [-0.05, 0) is 0 Å².